The van der Waals surface area contributed by atoms with Gasteiger partial charge >= 0.3 is 0 Å². The molecule has 0 radical (unpaired) electrons. The van der Waals surface area contributed by atoms with Gasteiger partial charge in [0.05, 0.1) is 6.10 Å². The van der Waals surface area contributed by atoms with Crippen LogP contribution < -0.4 is 10.1 Å². The topological polar surface area (TPSA) is 30.5 Å². The third kappa shape index (κ3) is 3.50. The summed E-state index contributed by atoms with van der Waals surface area (Å²) < 4.78 is 12.7. The van der Waals surface area contributed by atoms with Gasteiger partial charge in [-0.15, -0.1) is 0 Å². The number of hydrogen-bond acceptors (Lipinski definition) is 3. The monoisotopic (exact) mass is 325 g/mol. The summed E-state index contributed by atoms with van der Waals surface area (Å²) >= 11 is 3.50. The Morgan fingerprint density at radius 1 is 1.32 bits per heavy atom. The number of hydrogen-bond donors (Lipinski definition) is 1. The van der Waals surface area contributed by atoms with E-state index < -0.39 is 0 Å². The number of rotatable bonds is 5. The predicted octanol–water partition coefficient (Wildman–Crippen LogP) is 2.91. The molecule has 3 rings (SSSR count). The molecule has 2 heterocycles. The summed E-state index contributed by atoms with van der Waals surface area (Å²) in [5.74, 6) is 1.04. The second-order valence-electron chi connectivity index (χ2n) is 5.32. The molecule has 104 valence electrons. The minimum atomic E-state index is 0.272. The molecule has 0 spiro atoms. The minimum absolute atomic E-state index is 0.272. The molecule has 4 heteroatoms. The molecule has 2 unspecified atom stereocenters. The molecule has 3 nitrogen and oxygen atoms in total. The van der Waals surface area contributed by atoms with E-state index in [4.69, 9.17) is 9.47 Å². The first-order valence-electron chi connectivity index (χ1n) is 7.08. The summed E-state index contributed by atoms with van der Waals surface area (Å²) in [5, 5.41) is 3.49. The van der Waals surface area contributed by atoms with Gasteiger partial charge in [-0.1, -0.05) is 15.9 Å². The van der Waals surface area contributed by atoms with Gasteiger partial charge in [0, 0.05) is 24.0 Å². The summed E-state index contributed by atoms with van der Waals surface area (Å²) in [6.45, 7) is 2.88. The standard InChI is InChI=1S/C15H20BrNO2/c16-12-3-4-15-11(8-12)9-14(19-15)10-17-6-5-13-2-1-7-18-13/h3-4,8,13-14,17H,1-2,5-7,9-10H2. The van der Waals surface area contributed by atoms with E-state index in [9.17, 15) is 0 Å². The van der Waals surface area contributed by atoms with Crippen LogP contribution in [-0.2, 0) is 11.2 Å². The lowest BCUT2D eigenvalue weighted by atomic mass is 10.1. The van der Waals surface area contributed by atoms with Gasteiger partial charge in [-0.25, -0.2) is 0 Å². The molecule has 1 saturated heterocycles. The van der Waals surface area contributed by atoms with Crippen molar-refractivity contribution in [3.8, 4) is 5.75 Å². The Hall–Kier alpha value is -0.580. The van der Waals surface area contributed by atoms with E-state index in [1.165, 1.54) is 18.4 Å². The summed E-state index contributed by atoms with van der Waals surface area (Å²) in [7, 11) is 0. The maximum absolute atomic E-state index is 5.92. The Kier molecular flexibility index (Phi) is 4.41. The number of benzene rings is 1. The van der Waals surface area contributed by atoms with Crippen LogP contribution in [0, 0.1) is 0 Å². The van der Waals surface area contributed by atoms with Gasteiger partial charge in [-0.3, -0.25) is 0 Å². The number of nitrogens with one attached hydrogen (secondary N) is 1. The van der Waals surface area contributed by atoms with Gasteiger partial charge in [-0.05, 0) is 49.6 Å². The Morgan fingerprint density at radius 3 is 3.11 bits per heavy atom. The van der Waals surface area contributed by atoms with Crippen molar-refractivity contribution < 1.29 is 9.47 Å². The quantitative estimate of drug-likeness (QED) is 0.844. The van der Waals surface area contributed by atoms with Crippen LogP contribution in [0.2, 0.25) is 0 Å². The first-order chi connectivity index (χ1) is 9.31. The lowest BCUT2D eigenvalue weighted by molar-refractivity contribution is 0.103. The third-order valence-electron chi connectivity index (χ3n) is 3.80. The predicted molar refractivity (Wildman–Crippen MR) is 78.7 cm³/mol. The van der Waals surface area contributed by atoms with Gasteiger partial charge in [0.2, 0.25) is 0 Å². The minimum Gasteiger partial charge on any atom is -0.488 e. The fourth-order valence-corrected chi connectivity index (χ4v) is 3.21. The average Bonchev–Trinajstić information content (AvgIpc) is 3.02. The largest absolute Gasteiger partial charge is 0.488 e. The highest BCUT2D eigenvalue weighted by atomic mass is 79.9. The molecule has 1 fully saturated rings. The van der Waals surface area contributed by atoms with E-state index in [0.29, 0.717) is 6.10 Å². The molecule has 0 amide bonds. The maximum atomic E-state index is 5.92. The molecular formula is C15H20BrNO2. The second kappa shape index (κ2) is 6.25. The zero-order valence-corrected chi connectivity index (χ0v) is 12.6. The van der Waals surface area contributed by atoms with Gasteiger partial charge in [-0.2, -0.15) is 0 Å². The highest BCUT2D eigenvalue weighted by Gasteiger charge is 2.22. The lowest BCUT2D eigenvalue weighted by Crippen LogP contribution is -2.31. The zero-order chi connectivity index (χ0) is 13.1. The van der Waals surface area contributed by atoms with Crippen molar-refractivity contribution in [3.05, 3.63) is 28.2 Å². The van der Waals surface area contributed by atoms with Gasteiger partial charge in [0.25, 0.3) is 0 Å². The summed E-state index contributed by atoms with van der Waals surface area (Å²) in [6, 6.07) is 6.24. The van der Waals surface area contributed by atoms with Crippen LogP contribution in [-0.4, -0.2) is 31.9 Å². The van der Waals surface area contributed by atoms with E-state index in [1.807, 2.05) is 12.1 Å². The van der Waals surface area contributed by atoms with E-state index >= 15 is 0 Å². The van der Waals surface area contributed by atoms with Crippen LogP contribution in [0.4, 0.5) is 0 Å². The first-order valence-corrected chi connectivity index (χ1v) is 7.88. The molecule has 0 aliphatic carbocycles. The van der Waals surface area contributed by atoms with Crippen molar-refractivity contribution in [2.45, 2.75) is 37.9 Å². The van der Waals surface area contributed by atoms with E-state index in [-0.39, 0.29) is 6.10 Å². The summed E-state index contributed by atoms with van der Waals surface area (Å²) in [6.07, 6.45) is 5.31. The van der Waals surface area contributed by atoms with Crippen molar-refractivity contribution >= 4 is 15.9 Å². The Bertz CT molecular complexity index is 432. The summed E-state index contributed by atoms with van der Waals surface area (Å²) in [5.41, 5.74) is 1.31. The van der Waals surface area contributed by atoms with Gasteiger partial charge < -0.3 is 14.8 Å². The lowest BCUT2D eigenvalue weighted by Gasteiger charge is -2.13. The second-order valence-corrected chi connectivity index (χ2v) is 6.24. The Morgan fingerprint density at radius 2 is 2.26 bits per heavy atom. The van der Waals surface area contributed by atoms with E-state index in [1.54, 1.807) is 0 Å². The SMILES string of the molecule is Brc1ccc2c(c1)CC(CNCCC1CCCO1)O2. The molecule has 0 bridgehead atoms. The molecule has 0 saturated carbocycles. The molecule has 2 aliphatic heterocycles. The van der Waals surface area contributed by atoms with Crippen LogP contribution >= 0.6 is 15.9 Å². The van der Waals surface area contributed by atoms with E-state index in [2.05, 4.69) is 27.3 Å². The smallest absolute Gasteiger partial charge is 0.123 e. The molecule has 2 aliphatic rings. The van der Waals surface area contributed by atoms with Crippen LogP contribution in [0.25, 0.3) is 0 Å². The van der Waals surface area contributed by atoms with E-state index in [0.717, 1.165) is 42.8 Å². The van der Waals surface area contributed by atoms with Gasteiger partial charge in [0.1, 0.15) is 11.9 Å². The summed E-state index contributed by atoms with van der Waals surface area (Å²) in [4.78, 5) is 0. The highest BCUT2D eigenvalue weighted by Crippen LogP contribution is 2.30. The van der Waals surface area contributed by atoms with Gasteiger partial charge in [0.15, 0.2) is 0 Å². The number of fused-ring (bicyclic) bond motifs is 1. The first kappa shape index (κ1) is 13.4. The Labute approximate surface area is 122 Å². The molecule has 0 aromatic heterocycles. The molecule has 1 aromatic rings. The van der Waals surface area contributed by atoms with Crippen molar-refractivity contribution in [2.75, 3.05) is 19.7 Å². The molecule has 2 atom stereocenters. The average molecular weight is 326 g/mol. The molecular weight excluding hydrogens is 306 g/mol. The van der Waals surface area contributed by atoms with Crippen molar-refractivity contribution in [1.29, 1.82) is 0 Å². The van der Waals surface area contributed by atoms with Crippen molar-refractivity contribution in [2.24, 2.45) is 0 Å². The normalized spacial score (nSPS) is 25.3. The fraction of sp³-hybridized carbons (Fsp3) is 0.600. The maximum Gasteiger partial charge on any atom is 0.123 e. The molecule has 19 heavy (non-hydrogen) atoms. The molecule has 1 N–H and O–H groups in total. The van der Waals surface area contributed by atoms with Crippen molar-refractivity contribution in [1.82, 2.24) is 5.32 Å². The van der Waals surface area contributed by atoms with Crippen LogP contribution in [0.3, 0.4) is 0 Å². The van der Waals surface area contributed by atoms with Crippen molar-refractivity contribution in [3.63, 3.8) is 0 Å². The fourth-order valence-electron chi connectivity index (χ4n) is 2.80. The van der Waals surface area contributed by atoms with Crippen LogP contribution in [0.5, 0.6) is 5.75 Å². The number of ether oxygens (including phenoxy) is 2. The molecule has 1 aromatic carbocycles. The Balaban J connectivity index is 1.38. The highest BCUT2D eigenvalue weighted by molar-refractivity contribution is 9.10. The number of halogens is 1. The van der Waals surface area contributed by atoms with Crippen LogP contribution in [0.1, 0.15) is 24.8 Å². The van der Waals surface area contributed by atoms with Crippen LogP contribution in [0.15, 0.2) is 22.7 Å². The zero-order valence-electron chi connectivity index (χ0n) is 11.0. The third-order valence-corrected chi connectivity index (χ3v) is 4.30.